The van der Waals surface area contributed by atoms with Crippen molar-refractivity contribution < 1.29 is 4.79 Å². The fourth-order valence-electron chi connectivity index (χ4n) is 2.53. The number of amides is 1. The van der Waals surface area contributed by atoms with Gasteiger partial charge < -0.3 is 5.32 Å². The number of aryl methyl sites for hydroxylation is 3. The molecule has 1 amide bonds. The number of carbonyl (C=O) groups is 1. The third kappa shape index (κ3) is 3.89. The largest absolute Gasteiger partial charge is 0.326 e. The third-order valence-corrected chi connectivity index (χ3v) is 4.79. The molecule has 0 bridgehead atoms. The first-order valence-electron chi connectivity index (χ1n) is 7.90. The summed E-state index contributed by atoms with van der Waals surface area (Å²) in [6.45, 7) is 6.11. The normalized spacial score (nSPS) is 10.6. The number of hydrogen-bond acceptors (Lipinski definition) is 3. The highest BCUT2D eigenvalue weighted by molar-refractivity contribution is 7.13. The zero-order chi connectivity index (χ0) is 17.1. The van der Waals surface area contributed by atoms with E-state index in [9.17, 15) is 4.79 Å². The van der Waals surface area contributed by atoms with Crippen molar-refractivity contribution >= 4 is 22.9 Å². The van der Waals surface area contributed by atoms with Crippen LogP contribution < -0.4 is 5.32 Å². The van der Waals surface area contributed by atoms with Gasteiger partial charge in [-0.2, -0.15) is 0 Å². The van der Waals surface area contributed by atoms with Crippen LogP contribution in [0, 0.1) is 20.8 Å². The highest BCUT2D eigenvalue weighted by Gasteiger charge is 2.10. The molecular formula is C20H20N2OS. The zero-order valence-electron chi connectivity index (χ0n) is 14.1. The van der Waals surface area contributed by atoms with Gasteiger partial charge in [-0.25, -0.2) is 4.98 Å². The lowest BCUT2D eigenvalue weighted by Gasteiger charge is -2.08. The molecule has 4 heteroatoms. The third-order valence-electron chi connectivity index (χ3n) is 3.85. The molecule has 122 valence electrons. The molecule has 1 N–H and O–H groups in total. The summed E-state index contributed by atoms with van der Waals surface area (Å²) < 4.78 is 0. The van der Waals surface area contributed by atoms with Crippen molar-refractivity contribution in [3.05, 3.63) is 70.2 Å². The SMILES string of the molecule is Cc1ccc(-c2nc(CC(=O)Nc3ccc(C)cc3C)cs2)cc1. The Bertz CT molecular complexity index is 866. The van der Waals surface area contributed by atoms with Gasteiger partial charge in [-0.3, -0.25) is 4.79 Å². The fraction of sp³-hybridized carbons (Fsp3) is 0.200. The highest BCUT2D eigenvalue weighted by Crippen LogP contribution is 2.24. The van der Waals surface area contributed by atoms with Crippen LogP contribution in [0.4, 0.5) is 5.69 Å². The van der Waals surface area contributed by atoms with E-state index < -0.39 is 0 Å². The first kappa shape index (κ1) is 16.4. The van der Waals surface area contributed by atoms with Crippen LogP contribution in [0.15, 0.2) is 47.8 Å². The number of aromatic nitrogens is 1. The van der Waals surface area contributed by atoms with Crippen LogP contribution in [-0.4, -0.2) is 10.9 Å². The van der Waals surface area contributed by atoms with E-state index in [0.717, 1.165) is 27.5 Å². The molecule has 0 saturated carbocycles. The van der Waals surface area contributed by atoms with E-state index >= 15 is 0 Å². The van der Waals surface area contributed by atoms with Crippen LogP contribution in [0.5, 0.6) is 0 Å². The van der Waals surface area contributed by atoms with Crippen LogP contribution in [0.3, 0.4) is 0 Å². The average molecular weight is 336 g/mol. The standard InChI is InChI=1S/C20H20N2OS/c1-13-4-7-16(8-5-13)20-21-17(12-24-20)11-19(23)22-18-9-6-14(2)10-15(18)3/h4-10,12H,11H2,1-3H3,(H,22,23). The molecule has 0 fully saturated rings. The summed E-state index contributed by atoms with van der Waals surface area (Å²) in [5.41, 5.74) is 6.24. The molecule has 3 aromatic rings. The Morgan fingerprint density at radius 1 is 1.04 bits per heavy atom. The molecule has 0 saturated heterocycles. The summed E-state index contributed by atoms with van der Waals surface area (Å²) in [4.78, 5) is 16.8. The van der Waals surface area contributed by atoms with Crippen molar-refractivity contribution in [3.8, 4) is 10.6 Å². The number of hydrogen-bond donors (Lipinski definition) is 1. The second-order valence-electron chi connectivity index (χ2n) is 6.05. The van der Waals surface area contributed by atoms with Crippen LogP contribution in [-0.2, 0) is 11.2 Å². The predicted molar refractivity (Wildman–Crippen MR) is 101 cm³/mol. The van der Waals surface area contributed by atoms with Crippen molar-refractivity contribution in [3.63, 3.8) is 0 Å². The summed E-state index contributed by atoms with van der Waals surface area (Å²) in [6.07, 6.45) is 0.287. The lowest BCUT2D eigenvalue weighted by atomic mass is 10.1. The minimum Gasteiger partial charge on any atom is -0.326 e. The van der Waals surface area contributed by atoms with Crippen LogP contribution in [0.25, 0.3) is 10.6 Å². The number of nitrogens with one attached hydrogen (secondary N) is 1. The molecule has 1 heterocycles. The quantitative estimate of drug-likeness (QED) is 0.735. The first-order valence-corrected chi connectivity index (χ1v) is 8.78. The van der Waals surface area contributed by atoms with Gasteiger partial charge in [0, 0.05) is 16.6 Å². The number of nitrogens with zero attached hydrogens (tertiary/aromatic N) is 1. The summed E-state index contributed by atoms with van der Waals surface area (Å²) in [5, 5.41) is 5.87. The first-order chi connectivity index (χ1) is 11.5. The van der Waals surface area contributed by atoms with E-state index in [-0.39, 0.29) is 12.3 Å². The highest BCUT2D eigenvalue weighted by atomic mass is 32.1. The van der Waals surface area contributed by atoms with Gasteiger partial charge in [-0.05, 0) is 32.4 Å². The molecule has 0 aliphatic rings. The maximum absolute atomic E-state index is 12.3. The minimum atomic E-state index is -0.0392. The van der Waals surface area contributed by atoms with Gasteiger partial charge in [0.05, 0.1) is 12.1 Å². The maximum Gasteiger partial charge on any atom is 0.230 e. The molecular weight excluding hydrogens is 316 g/mol. The van der Waals surface area contributed by atoms with Gasteiger partial charge in [-0.15, -0.1) is 11.3 Å². The number of anilines is 1. The van der Waals surface area contributed by atoms with E-state index in [2.05, 4.69) is 47.6 Å². The topological polar surface area (TPSA) is 42.0 Å². The second-order valence-corrected chi connectivity index (χ2v) is 6.91. The van der Waals surface area contributed by atoms with Gasteiger partial charge in [-0.1, -0.05) is 47.5 Å². The van der Waals surface area contributed by atoms with Gasteiger partial charge in [0.2, 0.25) is 5.91 Å². The van der Waals surface area contributed by atoms with Crippen molar-refractivity contribution in [1.29, 1.82) is 0 Å². The molecule has 0 spiro atoms. The average Bonchev–Trinajstić information content (AvgIpc) is 2.99. The molecule has 1 aromatic heterocycles. The van der Waals surface area contributed by atoms with Gasteiger partial charge >= 0.3 is 0 Å². The summed E-state index contributed by atoms with van der Waals surface area (Å²) in [6, 6.07) is 14.3. The van der Waals surface area contributed by atoms with Crippen LogP contribution >= 0.6 is 11.3 Å². The van der Waals surface area contributed by atoms with Crippen molar-refractivity contribution in [2.24, 2.45) is 0 Å². The monoisotopic (exact) mass is 336 g/mol. The zero-order valence-corrected chi connectivity index (χ0v) is 14.9. The molecule has 0 radical (unpaired) electrons. The van der Waals surface area contributed by atoms with Crippen LogP contribution in [0.2, 0.25) is 0 Å². The molecule has 0 atom stereocenters. The van der Waals surface area contributed by atoms with Crippen molar-refractivity contribution in [2.75, 3.05) is 5.32 Å². The molecule has 0 aliphatic heterocycles. The minimum absolute atomic E-state index is 0.0392. The lowest BCUT2D eigenvalue weighted by molar-refractivity contribution is -0.115. The fourth-order valence-corrected chi connectivity index (χ4v) is 3.36. The summed E-state index contributed by atoms with van der Waals surface area (Å²) in [7, 11) is 0. The number of rotatable bonds is 4. The van der Waals surface area contributed by atoms with Gasteiger partial charge in [0.25, 0.3) is 0 Å². The predicted octanol–water partition coefficient (Wildman–Crippen LogP) is 4.92. The molecule has 0 aliphatic carbocycles. The van der Waals surface area contributed by atoms with E-state index in [1.165, 1.54) is 11.1 Å². The number of carbonyl (C=O) groups excluding carboxylic acids is 1. The Morgan fingerprint density at radius 2 is 1.75 bits per heavy atom. The molecule has 0 unspecified atom stereocenters. The van der Waals surface area contributed by atoms with Gasteiger partial charge in [0.15, 0.2) is 0 Å². The maximum atomic E-state index is 12.3. The second kappa shape index (κ2) is 6.97. The Labute approximate surface area is 146 Å². The molecule has 3 nitrogen and oxygen atoms in total. The molecule has 24 heavy (non-hydrogen) atoms. The Morgan fingerprint density at radius 3 is 2.46 bits per heavy atom. The van der Waals surface area contributed by atoms with Crippen molar-refractivity contribution in [2.45, 2.75) is 27.2 Å². The Balaban J connectivity index is 1.68. The molecule has 2 aromatic carbocycles. The van der Waals surface area contributed by atoms with Crippen molar-refractivity contribution in [1.82, 2.24) is 4.98 Å². The van der Waals surface area contributed by atoms with Crippen LogP contribution in [0.1, 0.15) is 22.4 Å². The van der Waals surface area contributed by atoms with E-state index in [1.54, 1.807) is 11.3 Å². The smallest absolute Gasteiger partial charge is 0.230 e. The van der Waals surface area contributed by atoms with E-state index in [4.69, 9.17) is 0 Å². The summed E-state index contributed by atoms with van der Waals surface area (Å²) in [5.74, 6) is -0.0392. The van der Waals surface area contributed by atoms with E-state index in [0.29, 0.717) is 0 Å². The number of thiazole rings is 1. The lowest BCUT2D eigenvalue weighted by Crippen LogP contribution is -2.15. The summed E-state index contributed by atoms with van der Waals surface area (Å²) >= 11 is 1.57. The number of benzene rings is 2. The van der Waals surface area contributed by atoms with Gasteiger partial charge in [0.1, 0.15) is 5.01 Å². The Hall–Kier alpha value is -2.46. The Kier molecular flexibility index (Phi) is 4.76. The molecule has 3 rings (SSSR count). The van der Waals surface area contributed by atoms with E-state index in [1.807, 2.05) is 31.4 Å².